The minimum Gasteiger partial charge on any atom is -0.315 e. The van der Waals surface area contributed by atoms with Crippen molar-refractivity contribution in [1.82, 2.24) is 9.55 Å². The monoisotopic (exact) mass is 394 g/mol. The van der Waals surface area contributed by atoms with Crippen molar-refractivity contribution in [3.8, 4) is 16.9 Å². The Labute approximate surface area is 167 Å². The lowest BCUT2D eigenvalue weighted by Crippen LogP contribution is -2.04. The van der Waals surface area contributed by atoms with Crippen molar-refractivity contribution in [3.63, 3.8) is 0 Å². The van der Waals surface area contributed by atoms with Crippen LogP contribution in [0.3, 0.4) is 0 Å². The molecule has 4 aromatic rings. The number of alkyl halides is 3. The van der Waals surface area contributed by atoms with Crippen LogP contribution < -0.4 is 0 Å². The zero-order valence-corrected chi connectivity index (χ0v) is 16.3. The van der Waals surface area contributed by atoms with Gasteiger partial charge in [0.15, 0.2) is 0 Å². The standard InChI is InChI=1S/C24H21F3N2/c1-3-16-6-5-7-17(4-2)23(16)21-14-18-12-13-29(22(18)15-28-21)20-10-8-19(9-11-20)24(25,26)27/h5-15H,3-4H2,1-2H3. The number of nitrogens with zero attached hydrogens (tertiary/aromatic N) is 2. The first-order valence-electron chi connectivity index (χ1n) is 9.68. The molecule has 0 unspecified atom stereocenters. The van der Waals surface area contributed by atoms with E-state index in [1.807, 2.05) is 16.8 Å². The van der Waals surface area contributed by atoms with E-state index in [9.17, 15) is 13.2 Å². The van der Waals surface area contributed by atoms with Crippen LogP contribution in [-0.2, 0) is 19.0 Å². The van der Waals surface area contributed by atoms with Gasteiger partial charge in [-0.15, -0.1) is 0 Å². The highest BCUT2D eigenvalue weighted by Crippen LogP contribution is 2.32. The molecule has 0 aliphatic carbocycles. The van der Waals surface area contributed by atoms with Crippen molar-refractivity contribution in [2.75, 3.05) is 0 Å². The smallest absolute Gasteiger partial charge is 0.315 e. The van der Waals surface area contributed by atoms with Crippen LogP contribution in [0.2, 0.25) is 0 Å². The Hall–Kier alpha value is -3.08. The maximum absolute atomic E-state index is 12.8. The molecule has 0 saturated heterocycles. The molecule has 0 saturated carbocycles. The van der Waals surface area contributed by atoms with Gasteiger partial charge in [0.25, 0.3) is 0 Å². The molecule has 148 valence electrons. The fraction of sp³-hybridized carbons (Fsp3) is 0.208. The van der Waals surface area contributed by atoms with E-state index in [1.165, 1.54) is 28.8 Å². The molecule has 0 amide bonds. The molecule has 0 aliphatic heterocycles. The average molecular weight is 394 g/mol. The summed E-state index contributed by atoms with van der Waals surface area (Å²) in [6, 6.07) is 15.6. The maximum Gasteiger partial charge on any atom is 0.416 e. The number of pyridine rings is 1. The van der Waals surface area contributed by atoms with Crippen LogP contribution in [0.1, 0.15) is 30.5 Å². The summed E-state index contributed by atoms with van der Waals surface area (Å²) in [7, 11) is 0. The summed E-state index contributed by atoms with van der Waals surface area (Å²) in [6.07, 6.45) is 1.18. The fourth-order valence-electron chi connectivity index (χ4n) is 3.78. The van der Waals surface area contributed by atoms with Crippen LogP contribution >= 0.6 is 0 Å². The largest absolute Gasteiger partial charge is 0.416 e. The lowest BCUT2D eigenvalue weighted by atomic mass is 9.94. The second-order valence-electron chi connectivity index (χ2n) is 7.02. The van der Waals surface area contributed by atoms with Gasteiger partial charge < -0.3 is 4.57 Å². The van der Waals surface area contributed by atoms with Crippen molar-refractivity contribution >= 4 is 10.9 Å². The molecule has 2 nitrogen and oxygen atoms in total. The Morgan fingerprint density at radius 1 is 0.897 bits per heavy atom. The van der Waals surface area contributed by atoms with Crippen LogP contribution in [0.4, 0.5) is 13.2 Å². The van der Waals surface area contributed by atoms with E-state index in [2.05, 4.69) is 38.1 Å². The highest BCUT2D eigenvalue weighted by atomic mass is 19.4. The van der Waals surface area contributed by atoms with Crippen molar-refractivity contribution < 1.29 is 13.2 Å². The number of aromatic nitrogens is 2. The Kier molecular flexibility index (Phi) is 4.91. The fourth-order valence-corrected chi connectivity index (χ4v) is 3.78. The van der Waals surface area contributed by atoms with E-state index >= 15 is 0 Å². The SMILES string of the molecule is CCc1cccc(CC)c1-c1cc2ccn(-c3ccc(C(F)(F)F)cc3)c2cn1. The summed E-state index contributed by atoms with van der Waals surface area (Å²) in [5.41, 5.74) is 5.52. The lowest BCUT2D eigenvalue weighted by molar-refractivity contribution is -0.137. The Bertz CT molecular complexity index is 1130. The van der Waals surface area contributed by atoms with Gasteiger partial charge in [0.2, 0.25) is 0 Å². The van der Waals surface area contributed by atoms with Crippen molar-refractivity contribution in [3.05, 3.63) is 83.7 Å². The number of fused-ring (bicyclic) bond motifs is 1. The van der Waals surface area contributed by atoms with Gasteiger partial charge in [-0.1, -0.05) is 32.0 Å². The molecule has 29 heavy (non-hydrogen) atoms. The molecule has 0 bridgehead atoms. The van der Waals surface area contributed by atoms with Crippen LogP contribution in [-0.4, -0.2) is 9.55 Å². The van der Waals surface area contributed by atoms with E-state index in [0.717, 1.165) is 41.6 Å². The molecule has 2 aromatic heterocycles. The predicted octanol–water partition coefficient (Wildman–Crippen LogP) is 6.84. The molecule has 2 aromatic carbocycles. The van der Waals surface area contributed by atoms with Gasteiger partial charge in [-0.2, -0.15) is 13.2 Å². The Morgan fingerprint density at radius 3 is 2.14 bits per heavy atom. The summed E-state index contributed by atoms with van der Waals surface area (Å²) >= 11 is 0. The van der Waals surface area contributed by atoms with Gasteiger partial charge in [-0.05, 0) is 60.4 Å². The molecule has 5 heteroatoms. The second kappa shape index (κ2) is 7.39. The van der Waals surface area contributed by atoms with Gasteiger partial charge in [-0.25, -0.2) is 0 Å². The molecule has 0 N–H and O–H groups in total. The number of halogens is 3. The minimum absolute atomic E-state index is 0.651. The summed E-state index contributed by atoms with van der Waals surface area (Å²) in [5.74, 6) is 0. The quantitative estimate of drug-likeness (QED) is 0.371. The minimum atomic E-state index is -4.34. The van der Waals surface area contributed by atoms with E-state index in [4.69, 9.17) is 4.98 Å². The maximum atomic E-state index is 12.8. The van der Waals surface area contributed by atoms with E-state index < -0.39 is 11.7 Å². The van der Waals surface area contributed by atoms with E-state index in [1.54, 1.807) is 6.20 Å². The molecule has 2 heterocycles. The molecular formula is C24H21F3N2. The first-order valence-corrected chi connectivity index (χ1v) is 9.68. The summed E-state index contributed by atoms with van der Waals surface area (Å²) in [4.78, 5) is 4.71. The van der Waals surface area contributed by atoms with Gasteiger partial charge in [-0.3, -0.25) is 4.98 Å². The van der Waals surface area contributed by atoms with Crippen LogP contribution in [0.15, 0.2) is 67.0 Å². The molecule has 0 atom stereocenters. The number of hydrogen-bond acceptors (Lipinski definition) is 1. The Morgan fingerprint density at radius 2 is 1.55 bits per heavy atom. The summed E-state index contributed by atoms with van der Waals surface area (Å²) in [5, 5.41) is 1.00. The van der Waals surface area contributed by atoms with Crippen LogP contribution in [0, 0.1) is 0 Å². The predicted molar refractivity (Wildman–Crippen MR) is 110 cm³/mol. The van der Waals surface area contributed by atoms with Gasteiger partial charge in [0, 0.05) is 22.8 Å². The molecule has 0 spiro atoms. The summed E-state index contributed by atoms with van der Waals surface area (Å²) in [6.45, 7) is 4.27. The van der Waals surface area contributed by atoms with Gasteiger partial charge in [0.1, 0.15) is 0 Å². The Balaban J connectivity index is 1.78. The molecular weight excluding hydrogens is 373 g/mol. The third-order valence-corrected chi connectivity index (χ3v) is 5.30. The highest BCUT2D eigenvalue weighted by molar-refractivity contribution is 5.86. The number of benzene rings is 2. The van der Waals surface area contributed by atoms with Gasteiger partial charge >= 0.3 is 6.18 Å². The first kappa shape index (κ1) is 19.2. The molecule has 0 radical (unpaired) electrons. The van der Waals surface area contributed by atoms with Gasteiger partial charge in [0.05, 0.1) is 23.0 Å². The van der Waals surface area contributed by atoms with Crippen LogP contribution in [0.5, 0.6) is 0 Å². The van der Waals surface area contributed by atoms with Crippen molar-refractivity contribution in [2.45, 2.75) is 32.9 Å². The number of aryl methyl sites for hydroxylation is 2. The van der Waals surface area contributed by atoms with E-state index in [0.29, 0.717) is 5.69 Å². The lowest BCUT2D eigenvalue weighted by Gasteiger charge is -2.13. The topological polar surface area (TPSA) is 17.8 Å². The number of hydrogen-bond donors (Lipinski definition) is 0. The normalized spacial score (nSPS) is 11.9. The molecule has 0 fully saturated rings. The van der Waals surface area contributed by atoms with Crippen molar-refractivity contribution in [2.24, 2.45) is 0 Å². The zero-order chi connectivity index (χ0) is 20.6. The summed E-state index contributed by atoms with van der Waals surface area (Å²) < 4.78 is 40.3. The zero-order valence-electron chi connectivity index (χ0n) is 16.3. The van der Waals surface area contributed by atoms with Crippen LogP contribution in [0.25, 0.3) is 27.8 Å². The first-order chi connectivity index (χ1) is 13.9. The number of rotatable bonds is 4. The van der Waals surface area contributed by atoms with E-state index in [-0.39, 0.29) is 0 Å². The molecule has 4 rings (SSSR count). The third-order valence-electron chi connectivity index (χ3n) is 5.30. The highest BCUT2D eigenvalue weighted by Gasteiger charge is 2.30. The van der Waals surface area contributed by atoms with Crippen molar-refractivity contribution in [1.29, 1.82) is 0 Å². The molecule has 0 aliphatic rings. The second-order valence-corrected chi connectivity index (χ2v) is 7.02. The average Bonchev–Trinajstić information content (AvgIpc) is 3.15. The third kappa shape index (κ3) is 3.53.